The van der Waals surface area contributed by atoms with E-state index in [0.717, 1.165) is 19.3 Å². The van der Waals surface area contributed by atoms with Gasteiger partial charge in [-0.2, -0.15) is 0 Å². The summed E-state index contributed by atoms with van der Waals surface area (Å²) in [5.41, 5.74) is 0. The minimum atomic E-state index is -0.405. The molecule has 1 aliphatic carbocycles. The van der Waals surface area contributed by atoms with Crippen molar-refractivity contribution in [1.29, 1.82) is 0 Å². The van der Waals surface area contributed by atoms with E-state index in [2.05, 4.69) is 0 Å². The molecule has 0 spiro atoms. The summed E-state index contributed by atoms with van der Waals surface area (Å²) in [6.45, 7) is 2.96. The molecule has 1 aliphatic rings. The van der Waals surface area contributed by atoms with Crippen molar-refractivity contribution in [2.45, 2.75) is 44.8 Å². The predicted molar refractivity (Wildman–Crippen MR) is 50.5 cm³/mol. The smallest absolute Gasteiger partial charge is 0.0777 e. The fourth-order valence-corrected chi connectivity index (χ4v) is 1.96. The third-order valence-corrected chi connectivity index (χ3v) is 2.71. The highest BCUT2D eigenvalue weighted by Crippen LogP contribution is 2.29. The normalized spacial score (nSPS) is 30.7. The maximum Gasteiger partial charge on any atom is 0.0777 e. The third-order valence-electron chi connectivity index (χ3n) is 2.71. The van der Waals surface area contributed by atoms with Gasteiger partial charge in [0.25, 0.3) is 0 Å². The lowest BCUT2D eigenvalue weighted by Gasteiger charge is -2.18. The summed E-state index contributed by atoms with van der Waals surface area (Å²) < 4.78 is 5.11. The molecule has 0 saturated heterocycles. The second-order valence-corrected chi connectivity index (χ2v) is 3.81. The molecule has 3 nitrogen and oxygen atoms in total. The lowest BCUT2D eigenvalue weighted by molar-refractivity contribution is 0.0150. The van der Waals surface area contributed by atoms with E-state index in [1.165, 1.54) is 0 Å². The van der Waals surface area contributed by atoms with Crippen LogP contribution in [-0.2, 0) is 4.74 Å². The van der Waals surface area contributed by atoms with E-state index >= 15 is 0 Å². The summed E-state index contributed by atoms with van der Waals surface area (Å²) in [6, 6.07) is 0. The molecule has 3 unspecified atom stereocenters. The number of hydrogen-bond acceptors (Lipinski definition) is 3. The molecule has 78 valence electrons. The van der Waals surface area contributed by atoms with Crippen molar-refractivity contribution < 1.29 is 14.9 Å². The Bertz CT molecular complexity index is 138. The van der Waals surface area contributed by atoms with Crippen LogP contribution in [0.3, 0.4) is 0 Å². The third kappa shape index (κ3) is 3.63. The topological polar surface area (TPSA) is 49.7 Å². The van der Waals surface area contributed by atoms with Gasteiger partial charge in [-0.1, -0.05) is 6.42 Å². The molecule has 2 N–H and O–H groups in total. The predicted octanol–water partition coefficient (Wildman–Crippen LogP) is 0.935. The van der Waals surface area contributed by atoms with E-state index in [0.29, 0.717) is 19.6 Å². The first-order chi connectivity index (χ1) is 6.24. The van der Waals surface area contributed by atoms with Gasteiger partial charge >= 0.3 is 0 Å². The molecule has 0 amide bonds. The number of rotatable bonds is 5. The molecular formula is C10H20O3. The molecule has 0 radical (unpaired) electrons. The Morgan fingerprint density at radius 3 is 2.77 bits per heavy atom. The maximum atomic E-state index is 9.52. The first-order valence-corrected chi connectivity index (χ1v) is 5.18. The molecule has 0 aromatic heterocycles. The van der Waals surface area contributed by atoms with Gasteiger partial charge in [0, 0.05) is 6.61 Å². The minimum Gasteiger partial charge on any atom is -0.393 e. The van der Waals surface area contributed by atoms with Crippen LogP contribution in [0.2, 0.25) is 0 Å². The molecule has 1 fully saturated rings. The van der Waals surface area contributed by atoms with Gasteiger partial charge < -0.3 is 14.9 Å². The van der Waals surface area contributed by atoms with Crippen LogP contribution in [0.15, 0.2) is 0 Å². The number of ether oxygens (including phenoxy) is 1. The van der Waals surface area contributed by atoms with Crippen molar-refractivity contribution in [2.24, 2.45) is 5.92 Å². The van der Waals surface area contributed by atoms with Crippen LogP contribution in [-0.4, -0.2) is 35.6 Å². The Labute approximate surface area is 79.7 Å². The van der Waals surface area contributed by atoms with E-state index < -0.39 is 6.10 Å². The fourth-order valence-electron chi connectivity index (χ4n) is 1.96. The van der Waals surface area contributed by atoms with Crippen molar-refractivity contribution >= 4 is 0 Å². The van der Waals surface area contributed by atoms with E-state index in [9.17, 15) is 10.2 Å². The summed E-state index contributed by atoms with van der Waals surface area (Å²) in [4.78, 5) is 0. The lowest BCUT2D eigenvalue weighted by atomic mass is 9.98. The van der Waals surface area contributed by atoms with E-state index in [4.69, 9.17) is 4.74 Å². The highest BCUT2D eigenvalue weighted by molar-refractivity contribution is 4.78. The van der Waals surface area contributed by atoms with Gasteiger partial charge in [0.2, 0.25) is 0 Å². The van der Waals surface area contributed by atoms with Crippen LogP contribution < -0.4 is 0 Å². The van der Waals surface area contributed by atoms with Crippen LogP contribution in [0.4, 0.5) is 0 Å². The second-order valence-electron chi connectivity index (χ2n) is 3.81. The quantitative estimate of drug-likeness (QED) is 0.675. The van der Waals surface area contributed by atoms with Crippen LogP contribution in [0, 0.1) is 5.92 Å². The van der Waals surface area contributed by atoms with Crippen LogP contribution in [0.1, 0.15) is 32.6 Å². The summed E-state index contributed by atoms with van der Waals surface area (Å²) in [5.74, 6) is 0.287. The summed E-state index contributed by atoms with van der Waals surface area (Å²) in [7, 11) is 0. The molecule has 13 heavy (non-hydrogen) atoms. The zero-order valence-electron chi connectivity index (χ0n) is 8.28. The van der Waals surface area contributed by atoms with E-state index in [1.807, 2.05) is 6.92 Å². The maximum absolute atomic E-state index is 9.52. The fraction of sp³-hybridized carbons (Fsp3) is 1.00. The Morgan fingerprint density at radius 1 is 1.46 bits per heavy atom. The lowest BCUT2D eigenvalue weighted by Crippen LogP contribution is -2.23. The summed E-state index contributed by atoms with van der Waals surface area (Å²) in [5, 5.41) is 19.0. The van der Waals surface area contributed by atoms with Crippen molar-refractivity contribution in [1.82, 2.24) is 0 Å². The highest BCUT2D eigenvalue weighted by Gasteiger charge is 2.27. The van der Waals surface area contributed by atoms with Crippen molar-refractivity contribution in [3.05, 3.63) is 0 Å². The minimum absolute atomic E-state index is 0.198. The Morgan fingerprint density at radius 2 is 2.23 bits per heavy atom. The Hall–Kier alpha value is -0.120. The molecule has 3 atom stereocenters. The van der Waals surface area contributed by atoms with Crippen LogP contribution >= 0.6 is 0 Å². The van der Waals surface area contributed by atoms with Crippen molar-refractivity contribution in [3.63, 3.8) is 0 Å². The number of aliphatic hydroxyl groups is 2. The Kier molecular flexibility index (Phi) is 4.70. The molecule has 0 aromatic rings. The molecule has 0 bridgehead atoms. The largest absolute Gasteiger partial charge is 0.393 e. The second kappa shape index (κ2) is 5.58. The molecule has 0 aromatic carbocycles. The Balaban J connectivity index is 2.15. The molecule has 1 rings (SSSR count). The van der Waals surface area contributed by atoms with Gasteiger partial charge in [-0.05, 0) is 32.1 Å². The van der Waals surface area contributed by atoms with Gasteiger partial charge in [0.05, 0.1) is 18.8 Å². The zero-order valence-corrected chi connectivity index (χ0v) is 8.28. The van der Waals surface area contributed by atoms with Gasteiger partial charge in [-0.3, -0.25) is 0 Å². The van der Waals surface area contributed by atoms with E-state index in [1.54, 1.807) is 0 Å². The van der Waals surface area contributed by atoms with E-state index in [-0.39, 0.29) is 12.0 Å². The SMILES string of the molecule is CCOCC(O)CC1CCCC1O. The number of hydrogen-bond donors (Lipinski definition) is 2. The zero-order chi connectivity index (χ0) is 9.68. The molecule has 3 heteroatoms. The van der Waals surface area contributed by atoms with Crippen molar-refractivity contribution in [3.8, 4) is 0 Å². The van der Waals surface area contributed by atoms with Gasteiger partial charge in [0.1, 0.15) is 0 Å². The molecule has 0 heterocycles. The average Bonchev–Trinajstić information content (AvgIpc) is 2.48. The monoisotopic (exact) mass is 188 g/mol. The standard InChI is InChI=1S/C10H20O3/c1-2-13-7-9(11)6-8-4-3-5-10(8)12/h8-12H,2-7H2,1H3. The molecular weight excluding hydrogens is 168 g/mol. The van der Waals surface area contributed by atoms with Gasteiger partial charge in [0.15, 0.2) is 0 Å². The van der Waals surface area contributed by atoms with Gasteiger partial charge in [-0.15, -0.1) is 0 Å². The first kappa shape index (κ1) is 11.0. The van der Waals surface area contributed by atoms with Crippen LogP contribution in [0.25, 0.3) is 0 Å². The van der Waals surface area contributed by atoms with Gasteiger partial charge in [-0.25, -0.2) is 0 Å². The van der Waals surface area contributed by atoms with Crippen molar-refractivity contribution in [2.75, 3.05) is 13.2 Å². The molecule has 0 aliphatic heterocycles. The van der Waals surface area contributed by atoms with Crippen LogP contribution in [0.5, 0.6) is 0 Å². The highest BCUT2D eigenvalue weighted by atomic mass is 16.5. The summed E-state index contributed by atoms with van der Waals surface area (Å²) in [6.07, 6.45) is 3.11. The average molecular weight is 188 g/mol. The number of aliphatic hydroxyl groups excluding tert-OH is 2. The first-order valence-electron chi connectivity index (χ1n) is 5.18. The molecule has 1 saturated carbocycles. The summed E-state index contributed by atoms with van der Waals surface area (Å²) >= 11 is 0.